The first kappa shape index (κ1) is 23.4. The molecule has 0 bridgehead atoms. The maximum atomic E-state index is 12.4. The van der Waals surface area contributed by atoms with Crippen molar-refractivity contribution in [3.05, 3.63) is 35.4 Å². The minimum absolute atomic E-state index is 0.0655. The lowest BCUT2D eigenvalue weighted by atomic mass is 10.1. The van der Waals surface area contributed by atoms with Gasteiger partial charge in [0.25, 0.3) is 0 Å². The molecule has 0 unspecified atom stereocenters. The number of terminal acetylenes is 1. The summed E-state index contributed by atoms with van der Waals surface area (Å²) in [5.41, 5.74) is 0.846. The third-order valence-corrected chi connectivity index (χ3v) is 4.47. The van der Waals surface area contributed by atoms with Crippen molar-refractivity contribution in [2.24, 2.45) is 0 Å². The Morgan fingerprint density at radius 2 is 1.59 bits per heavy atom. The number of rotatable bonds is 9. The maximum absolute atomic E-state index is 12.4. The van der Waals surface area contributed by atoms with Crippen LogP contribution in [0.1, 0.15) is 50.5 Å². The molecule has 0 spiro atoms. The molecule has 160 valence electrons. The van der Waals surface area contributed by atoms with E-state index in [4.69, 9.17) is 30.1 Å². The summed E-state index contributed by atoms with van der Waals surface area (Å²) in [7, 11) is 0. The number of carbonyl (C=O) groups excluding carboxylic acids is 1. The number of benzene rings is 1. The van der Waals surface area contributed by atoms with E-state index in [0.29, 0.717) is 30.9 Å². The lowest BCUT2D eigenvalue weighted by molar-refractivity contribution is -0.104. The fourth-order valence-electron chi connectivity index (χ4n) is 3.14. The van der Waals surface area contributed by atoms with Gasteiger partial charge in [-0.1, -0.05) is 5.92 Å². The quantitative estimate of drug-likeness (QED) is 0.465. The van der Waals surface area contributed by atoms with E-state index < -0.39 is 12.1 Å². The molecule has 0 aliphatic carbocycles. The van der Waals surface area contributed by atoms with E-state index in [9.17, 15) is 4.79 Å². The van der Waals surface area contributed by atoms with E-state index in [1.807, 2.05) is 34.6 Å². The maximum Gasteiger partial charge on any atom is 0.338 e. The molecule has 0 amide bonds. The predicted octanol–water partition coefficient (Wildman–Crippen LogP) is 3.22. The molecule has 1 fully saturated rings. The summed E-state index contributed by atoms with van der Waals surface area (Å²) in [5.74, 6) is 2.08. The predicted molar refractivity (Wildman–Crippen MR) is 110 cm³/mol. The normalized spacial score (nSPS) is 24.3. The summed E-state index contributed by atoms with van der Waals surface area (Å²) in [6, 6.07) is 6.71. The molecule has 2 rings (SSSR count). The number of esters is 1. The van der Waals surface area contributed by atoms with Crippen molar-refractivity contribution in [1.29, 1.82) is 0 Å². The Hall–Kier alpha value is -1.91. The number of hydrogen-bond acceptors (Lipinski definition) is 6. The third-order valence-electron chi connectivity index (χ3n) is 4.47. The van der Waals surface area contributed by atoms with Crippen molar-refractivity contribution >= 4 is 5.97 Å². The lowest BCUT2D eigenvalue weighted by Gasteiger charge is -2.26. The molecule has 29 heavy (non-hydrogen) atoms. The highest BCUT2D eigenvalue weighted by atomic mass is 16.6. The standard InChI is InChI=1S/C23H32O6/c1-7-16-10-12-17(13-11-16)22(24)27-14-18-20(25-8-2)21(26-9-3)19(29-18)15-28-23(4,5)6/h1,10-13,18-21H,8-9,14-15H2,2-6H3/t18-,19+,20+,21+/m0/s1. The van der Waals surface area contributed by atoms with Crippen LogP contribution in [0.4, 0.5) is 0 Å². The Bertz CT molecular complexity index is 685. The van der Waals surface area contributed by atoms with Crippen molar-refractivity contribution in [2.45, 2.75) is 64.6 Å². The molecule has 4 atom stereocenters. The number of hydrogen-bond donors (Lipinski definition) is 0. The van der Waals surface area contributed by atoms with E-state index in [1.54, 1.807) is 24.3 Å². The van der Waals surface area contributed by atoms with Gasteiger partial charge >= 0.3 is 5.97 Å². The Labute approximate surface area is 173 Å². The fourth-order valence-corrected chi connectivity index (χ4v) is 3.14. The zero-order valence-corrected chi connectivity index (χ0v) is 18.0. The third kappa shape index (κ3) is 6.83. The summed E-state index contributed by atoms with van der Waals surface area (Å²) < 4.78 is 29.3. The summed E-state index contributed by atoms with van der Waals surface area (Å²) in [5, 5.41) is 0. The van der Waals surface area contributed by atoms with Gasteiger partial charge in [-0.2, -0.15) is 0 Å². The van der Waals surface area contributed by atoms with Crippen LogP contribution in [-0.2, 0) is 23.7 Å². The van der Waals surface area contributed by atoms with Crippen molar-refractivity contribution in [1.82, 2.24) is 0 Å². The highest BCUT2D eigenvalue weighted by Gasteiger charge is 2.47. The second-order valence-corrected chi connectivity index (χ2v) is 7.80. The van der Waals surface area contributed by atoms with Crippen LogP contribution in [0.15, 0.2) is 24.3 Å². The topological polar surface area (TPSA) is 63.2 Å². The minimum Gasteiger partial charge on any atom is -0.459 e. The smallest absolute Gasteiger partial charge is 0.338 e. The molecule has 1 aromatic carbocycles. The van der Waals surface area contributed by atoms with Crippen molar-refractivity contribution < 1.29 is 28.5 Å². The molecule has 0 radical (unpaired) electrons. The lowest BCUT2D eigenvalue weighted by Crippen LogP contribution is -2.41. The van der Waals surface area contributed by atoms with Crippen LogP contribution in [0, 0.1) is 12.3 Å². The van der Waals surface area contributed by atoms with Crippen LogP contribution >= 0.6 is 0 Å². The summed E-state index contributed by atoms with van der Waals surface area (Å²) in [6.45, 7) is 11.3. The molecule has 6 nitrogen and oxygen atoms in total. The zero-order chi connectivity index (χ0) is 21.4. The molecule has 1 aliphatic rings. The van der Waals surface area contributed by atoms with Crippen LogP contribution < -0.4 is 0 Å². The molecule has 0 aromatic heterocycles. The Balaban J connectivity index is 2.03. The molecular formula is C23H32O6. The number of ether oxygens (including phenoxy) is 5. The highest BCUT2D eigenvalue weighted by Crippen LogP contribution is 2.28. The summed E-state index contributed by atoms with van der Waals surface area (Å²) >= 11 is 0. The van der Waals surface area contributed by atoms with Crippen LogP contribution in [0.2, 0.25) is 0 Å². The van der Waals surface area contributed by atoms with E-state index >= 15 is 0 Å². The van der Waals surface area contributed by atoms with Gasteiger partial charge in [0.1, 0.15) is 31.0 Å². The van der Waals surface area contributed by atoms with Gasteiger partial charge < -0.3 is 23.7 Å². The van der Waals surface area contributed by atoms with Gasteiger partial charge in [0.2, 0.25) is 0 Å². The van der Waals surface area contributed by atoms with Gasteiger partial charge in [-0.05, 0) is 58.9 Å². The van der Waals surface area contributed by atoms with Crippen LogP contribution in [0.25, 0.3) is 0 Å². The first-order chi connectivity index (χ1) is 13.8. The first-order valence-corrected chi connectivity index (χ1v) is 10.1. The Morgan fingerprint density at radius 1 is 1.03 bits per heavy atom. The SMILES string of the molecule is C#Cc1ccc(C(=O)OC[C@@H]2O[C@H](COC(C)(C)C)[C@@H](OCC)[C@@H]2OCC)cc1. The largest absolute Gasteiger partial charge is 0.459 e. The van der Waals surface area contributed by atoms with Gasteiger partial charge in [0.15, 0.2) is 0 Å². The monoisotopic (exact) mass is 404 g/mol. The van der Waals surface area contributed by atoms with Crippen molar-refractivity contribution in [3.63, 3.8) is 0 Å². The second kappa shape index (κ2) is 10.7. The molecule has 1 aliphatic heterocycles. The van der Waals surface area contributed by atoms with Gasteiger partial charge in [-0.25, -0.2) is 4.79 Å². The van der Waals surface area contributed by atoms with Gasteiger partial charge in [0, 0.05) is 18.8 Å². The Morgan fingerprint density at radius 3 is 2.07 bits per heavy atom. The summed E-state index contributed by atoms with van der Waals surface area (Å²) in [6.07, 6.45) is 3.97. The van der Waals surface area contributed by atoms with Crippen LogP contribution in [0.5, 0.6) is 0 Å². The zero-order valence-electron chi connectivity index (χ0n) is 18.0. The number of carbonyl (C=O) groups is 1. The van der Waals surface area contributed by atoms with Gasteiger partial charge in [0.05, 0.1) is 17.8 Å². The summed E-state index contributed by atoms with van der Waals surface area (Å²) in [4.78, 5) is 12.4. The van der Waals surface area contributed by atoms with E-state index in [1.165, 1.54) is 0 Å². The fraction of sp³-hybridized carbons (Fsp3) is 0.609. The van der Waals surface area contributed by atoms with Crippen LogP contribution in [-0.4, -0.2) is 62.4 Å². The van der Waals surface area contributed by atoms with Crippen molar-refractivity contribution in [2.75, 3.05) is 26.4 Å². The van der Waals surface area contributed by atoms with E-state index in [0.717, 1.165) is 0 Å². The van der Waals surface area contributed by atoms with Crippen molar-refractivity contribution in [3.8, 4) is 12.3 Å². The second-order valence-electron chi connectivity index (χ2n) is 7.80. The Kier molecular flexibility index (Phi) is 8.66. The minimum atomic E-state index is -0.436. The molecular weight excluding hydrogens is 372 g/mol. The van der Waals surface area contributed by atoms with Gasteiger partial charge in [-0.15, -0.1) is 6.42 Å². The molecule has 0 N–H and O–H groups in total. The molecule has 1 heterocycles. The average molecular weight is 405 g/mol. The van der Waals surface area contributed by atoms with Crippen LogP contribution in [0.3, 0.4) is 0 Å². The molecule has 1 aromatic rings. The highest BCUT2D eigenvalue weighted by molar-refractivity contribution is 5.89. The molecule has 1 saturated heterocycles. The van der Waals surface area contributed by atoms with E-state index in [2.05, 4.69) is 5.92 Å². The van der Waals surface area contributed by atoms with Gasteiger partial charge in [-0.3, -0.25) is 0 Å². The molecule has 0 saturated carbocycles. The molecule has 6 heteroatoms. The average Bonchev–Trinajstić information content (AvgIpc) is 3.01. The first-order valence-electron chi connectivity index (χ1n) is 10.1. The van der Waals surface area contributed by atoms with E-state index in [-0.39, 0.29) is 30.5 Å².